The van der Waals surface area contributed by atoms with Gasteiger partial charge in [0.25, 0.3) is 0 Å². The summed E-state index contributed by atoms with van der Waals surface area (Å²) >= 11 is 1.96. The summed E-state index contributed by atoms with van der Waals surface area (Å²) in [5, 5.41) is 8.73. The van der Waals surface area contributed by atoms with Crippen LogP contribution >= 0.6 is 11.8 Å². The molecule has 2 aliphatic rings. The maximum atomic E-state index is 10.6. The van der Waals surface area contributed by atoms with Crippen LogP contribution in [0.2, 0.25) is 0 Å². The average Bonchev–Trinajstić information content (AvgIpc) is 2.32. The predicted octanol–water partition coefficient (Wildman–Crippen LogP) is 1.04. The van der Waals surface area contributed by atoms with Crippen LogP contribution < -0.4 is 0 Å². The number of thioether (sulfide) groups is 1. The molecule has 0 saturated carbocycles. The molecule has 0 aromatic carbocycles. The van der Waals surface area contributed by atoms with Crippen molar-refractivity contribution in [1.29, 1.82) is 0 Å². The van der Waals surface area contributed by atoms with Crippen LogP contribution in [0.4, 0.5) is 0 Å². The highest BCUT2D eigenvalue weighted by atomic mass is 32.2. The normalized spacial score (nSPS) is 30.3. The van der Waals surface area contributed by atoms with Gasteiger partial charge in [-0.05, 0) is 19.4 Å². The molecule has 2 fully saturated rings. The van der Waals surface area contributed by atoms with Crippen LogP contribution in [-0.2, 0) is 4.79 Å². The Morgan fingerprint density at radius 2 is 2.31 bits per heavy atom. The van der Waals surface area contributed by atoms with Crippen LogP contribution in [-0.4, -0.2) is 46.1 Å². The van der Waals surface area contributed by atoms with Crippen molar-refractivity contribution in [1.82, 2.24) is 4.90 Å². The van der Waals surface area contributed by atoms with Gasteiger partial charge in [0.1, 0.15) is 0 Å². The van der Waals surface area contributed by atoms with E-state index in [1.165, 1.54) is 17.9 Å². The van der Waals surface area contributed by atoms with Crippen molar-refractivity contribution < 1.29 is 9.90 Å². The fourth-order valence-corrected chi connectivity index (χ4v) is 3.00. The fraction of sp³-hybridized carbons (Fsp3) is 0.889. The van der Waals surface area contributed by atoms with E-state index in [4.69, 9.17) is 5.11 Å². The second kappa shape index (κ2) is 3.88. The first-order chi connectivity index (χ1) is 6.27. The van der Waals surface area contributed by atoms with Gasteiger partial charge in [-0.3, -0.25) is 9.69 Å². The molecule has 0 aliphatic carbocycles. The van der Waals surface area contributed by atoms with Crippen molar-refractivity contribution in [2.75, 3.05) is 18.1 Å². The average molecular weight is 201 g/mol. The van der Waals surface area contributed by atoms with E-state index in [-0.39, 0.29) is 0 Å². The summed E-state index contributed by atoms with van der Waals surface area (Å²) in [6.45, 7) is 1.11. The first-order valence-corrected chi connectivity index (χ1v) is 5.98. The van der Waals surface area contributed by atoms with Crippen molar-refractivity contribution in [2.24, 2.45) is 0 Å². The molecule has 0 aromatic heterocycles. The number of hydrogen-bond acceptors (Lipinski definition) is 3. The Balaban J connectivity index is 1.89. The molecule has 74 valence electrons. The largest absolute Gasteiger partial charge is 0.481 e. The van der Waals surface area contributed by atoms with Gasteiger partial charge >= 0.3 is 5.97 Å². The van der Waals surface area contributed by atoms with Crippen molar-refractivity contribution in [3.8, 4) is 0 Å². The Morgan fingerprint density at radius 1 is 1.54 bits per heavy atom. The second-order valence-corrected chi connectivity index (χ2v) is 4.90. The molecule has 0 aromatic rings. The summed E-state index contributed by atoms with van der Waals surface area (Å²) in [5.74, 6) is 1.76. The number of likely N-dealkylation sites (tertiary alicyclic amines) is 1. The topological polar surface area (TPSA) is 40.5 Å². The molecule has 13 heavy (non-hydrogen) atoms. The Morgan fingerprint density at radius 3 is 2.85 bits per heavy atom. The third-order valence-corrected chi connectivity index (χ3v) is 4.16. The number of aliphatic carboxylic acids is 1. The number of carbonyl (C=O) groups is 1. The first kappa shape index (κ1) is 9.34. The van der Waals surface area contributed by atoms with Crippen LogP contribution in [0.3, 0.4) is 0 Å². The van der Waals surface area contributed by atoms with E-state index in [0.717, 1.165) is 13.0 Å². The molecule has 4 heteroatoms. The van der Waals surface area contributed by atoms with E-state index < -0.39 is 5.97 Å². The Bertz CT molecular complexity index is 206. The lowest BCUT2D eigenvalue weighted by Crippen LogP contribution is -2.47. The highest BCUT2D eigenvalue weighted by Gasteiger charge is 2.34. The summed E-state index contributed by atoms with van der Waals surface area (Å²) in [7, 11) is 0. The van der Waals surface area contributed by atoms with Crippen molar-refractivity contribution >= 4 is 17.7 Å². The van der Waals surface area contributed by atoms with Gasteiger partial charge in [-0.25, -0.2) is 0 Å². The number of rotatable bonds is 3. The third-order valence-electron chi connectivity index (χ3n) is 2.92. The minimum absolute atomic E-state index is 0.323. The summed E-state index contributed by atoms with van der Waals surface area (Å²) in [5.41, 5.74) is 0. The standard InChI is InChI=1S/C9H15NO2S/c11-9(12)4-7-2-1-3-10(7)8-5-13-6-8/h7-8H,1-6H2,(H,11,12). The van der Waals surface area contributed by atoms with E-state index in [9.17, 15) is 4.79 Å². The molecule has 3 nitrogen and oxygen atoms in total. The summed E-state index contributed by atoms with van der Waals surface area (Å²) in [4.78, 5) is 13.0. The minimum Gasteiger partial charge on any atom is -0.481 e. The van der Waals surface area contributed by atoms with Gasteiger partial charge in [0, 0.05) is 23.6 Å². The van der Waals surface area contributed by atoms with Gasteiger partial charge in [0.15, 0.2) is 0 Å². The minimum atomic E-state index is -0.649. The molecule has 2 rings (SSSR count). The zero-order chi connectivity index (χ0) is 9.26. The van der Waals surface area contributed by atoms with Gasteiger partial charge < -0.3 is 5.11 Å². The van der Waals surface area contributed by atoms with E-state index in [2.05, 4.69) is 4.90 Å². The van der Waals surface area contributed by atoms with Crippen molar-refractivity contribution in [2.45, 2.75) is 31.3 Å². The van der Waals surface area contributed by atoms with E-state index in [0.29, 0.717) is 18.5 Å². The summed E-state index contributed by atoms with van der Waals surface area (Å²) < 4.78 is 0. The molecule has 2 aliphatic heterocycles. The molecule has 2 heterocycles. The molecule has 1 atom stereocenters. The monoisotopic (exact) mass is 201 g/mol. The van der Waals surface area contributed by atoms with E-state index in [1.807, 2.05) is 11.8 Å². The van der Waals surface area contributed by atoms with Crippen LogP contribution in [0.25, 0.3) is 0 Å². The molecule has 0 bridgehead atoms. The Hall–Kier alpha value is -0.220. The van der Waals surface area contributed by atoms with Crippen LogP contribution in [0, 0.1) is 0 Å². The molecule has 0 radical (unpaired) electrons. The zero-order valence-corrected chi connectivity index (χ0v) is 8.42. The number of carboxylic acids is 1. The van der Waals surface area contributed by atoms with Crippen LogP contribution in [0.1, 0.15) is 19.3 Å². The molecule has 1 unspecified atom stereocenters. The van der Waals surface area contributed by atoms with Crippen molar-refractivity contribution in [3.63, 3.8) is 0 Å². The molecule has 0 spiro atoms. The summed E-state index contributed by atoms with van der Waals surface area (Å²) in [6, 6.07) is 1.00. The van der Waals surface area contributed by atoms with Gasteiger partial charge in [0.05, 0.1) is 6.42 Å². The maximum absolute atomic E-state index is 10.6. The quantitative estimate of drug-likeness (QED) is 0.740. The first-order valence-electron chi connectivity index (χ1n) is 4.82. The van der Waals surface area contributed by atoms with Crippen molar-refractivity contribution in [3.05, 3.63) is 0 Å². The van der Waals surface area contributed by atoms with Crippen LogP contribution in [0.5, 0.6) is 0 Å². The highest BCUT2D eigenvalue weighted by Crippen LogP contribution is 2.30. The molecule has 0 amide bonds. The van der Waals surface area contributed by atoms with E-state index in [1.54, 1.807) is 0 Å². The lowest BCUT2D eigenvalue weighted by atomic mass is 10.1. The molecule has 1 N–H and O–H groups in total. The zero-order valence-electron chi connectivity index (χ0n) is 7.61. The van der Waals surface area contributed by atoms with Gasteiger partial charge in [-0.2, -0.15) is 11.8 Å². The van der Waals surface area contributed by atoms with Gasteiger partial charge in [-0.1, -0.05) is 0 Å². The smallest absolute Gasteiger partial charge is 0.304 e. The van der Waals surface area contributed by atoms with Crippen LogP contribution in [0.15, 0.2) is 0 Å². The number of carboxylic acid groups (broad SMARTS) is 1. The molecule has 2 saturated heterocycles. The number of hydrogen-bond donors (Lipinski definition) is 1. The Kier molecular flexibility index (Phi) is 2.79. The highest BCUT2D eigenvalue weighted by molar-refractivity contribution is 8.00. The second-order valence-electron chi connectivity index (χ2n) is 3.82. The van der Waals surface area contributed by atoms with Gasteiger partial charge in [-0.15, -0.1) is 0 Å². The summed E-state index contributed by atoms with van der Waals surface area (Å²) in [6.07, 6.45) is 2.59. The lowest BCUT2D eigenvalue weighted by Gasteiger charge is -2.37. The van der Waals surface area contributed by atoms with Gasteiger partial charge in [0.2, 0.25) is 0 Å². The Labute approximate surface area is 82.5 Å². The lowest BCUT2D eigenvalue weighted by molar-refractivity contribution is -0.138. The molecular weight excluding hydrogens is 186 g/mol. The predicted molar refractivity (Wildman–Crippen MR) is 53.1 cm³/mol. The SMILES string of the molecule is O=C(O)CC1CCCN1C1CSC1. The maximum Gasteiger partial charge on any atom is 0.304 e. The number of nitrogens with zero attached hydrogens (tertiary/aromatic N) is 1. The van der Waals surface area contributed by atoms with E-state index >= 15 is 0 Å². The fourth-order valence-electron chi connectivity index (χ4n) is 2.17. The third kappa shape index (κ3) is 1.99. The molecular formula is C9H15NO2S.